The lowest BCUT2D eigenvalue weighted by atomic mass is 10.3. The molecule has 0 aliphatic carbocycles. The molecule has 0 aliphatic rings. The van der Waals surface area contributed by atoms with Crippen molar-refractivity contribution in [1.29, 1.82) is 0 Å². The van der Waals surface area contributed by atoms with Crippen LogP contribution in [0, 0.1) is 0 Å². The van der Waals surface area contributed by atoms with Gasteiger partial charge < -0.3 is 4.74 Å². The number of esters is 1. The molecule has 0 heterocycles. The monoisotopic (exact) mass is 189 g/mol. The average Bonchev–Trinajstić information content (AvgIpc) is 1.84. The Balaban J connectivity index is 3.69. The molecule has 0 fully saturated rings. The fraction of sp³-hybridized carbons (Fsp3) is 0.750. The van der Waals surface area contributed by atoms with Gasteiger partial charge in [-0.3, -0.25) is 0 Å². The number of carbonyl (C=O) groups is 1. The van der Waals surface area contributed by atoms with Crippen LogP contribution in [0.15, 0.2) is 4.40 Å². The lowest BCUT2D eigenvalue weighted by Gasteiger charge is -2.11. The average molecular weight is 189 g/mol. The molecule has 0 aromatic rings. The molecule has 0 unspecified atom stereocenters. The SMILES string of the molecule is CCOC(=O)C=NSC(C)(C)C. The molecule has 12 heavy (non-hydrogen) atoms. The number of hydrogen-bond donors (Lipinski definition) is 0. The first-order valence-corrected chi connectivity index (χ1v) is 4.61. The molecule has 0 aromatic heterocycles. The van der Waals surface area contributed by atoms with Crippen LogP contribution in [0.1, 0.15) is 27.7 Å². The van der Waals surface area contributed by atoms with Gasteiger partial charge in [-0.15, -0.1) is 0 Å². The summed E-state index contributed by atoms with van der Waals surface area (Å²) in [5.41, 5.74) is 0. The fourth-order valence-corrected chi connectivity index (χ4v) is 0.862. The maximum atomic E-state index is 10.7. The van der Waals surface area contributed by atoms with Crippen LogP contribution in [0.25, 0.3) is 0 Å². The topological polar surface area (TPSA) is 38.7 Å². The third kappa shape index (κ3) is 7.60. The highest BCUT2D eigenvalue weighted by atomic mass is 32.2. The van der Waals surface area contributed by atoms with Gasteiger partial charge in [0.1, 0.15) is 6.21 Å². The highest BCUT2D eigenvalue weighted by Gasteiger charge is 2.09. The fourth-order valence-electron chi connectivity index (χ4n) is 0.407. The van der Waals surface area contributed by atoms with Gasteiger partial charge in [0.05, 0.1) is 6.61 Å². The highest BCUT2D eigenvalue weighted by molar-refractivity contribution is 7.99. The number of ether oxygens (including phenoxy) is 1. The number of rotatable bonds is 3. The number of nitrogens with zero attached hydrogens (tertiary/aromatic N) is 1. The molecule has 0 saturated heterocycles. The Morgan fingerprint density at radius 2 is 2.17 bits per heavy atom. The van der Waals surface area contributed by atoms with Crippen molar-refractivity contribution >= 4 is 24.1 Å². The van der Waals surface area contributed by atoms with Crippen LogP contribution in [0.5, 0.6) is 0 Å². The maximum Gasteiger partial charge on any atom is 0.350 e. The Kier molecular flexibility index (Phi) is 4.97. The highest BCUT2D eigenvalue weighted by Crippen LogP contribution is 2.23. The van der Waals surface area contributed by atoms with E-state index >= 15 is 0 Å². The number of hydrogen-bond acceptors (Lipinski definition) is 4. The van der Waals surface area contributed by atoms with Gasteiger partial charge in [0, 0.05) is 4.75 Å². The first-order valence-electron chi connectivity index (χ1n) is 3.84. The molecule has 70 valence electrons. The van der Waals surface area contributed by atoms with Crippen LogP contribution in [0.3, 0.4) is 0 Å². The van der Waals surface area contributed by atoms with Crippen molar-refractivity contribution < 1.29 is 9.53 Å². The second-order valence-electron chi connectivity index (χ2n) is 3.19. The molecular weight excluding hydrogens is 174 g/mol. The van der Waals surface area contributed by atoms with E-state index in [1.165, 1.54) is 18.2 Å². The van der Waals surface area contributed by atoms with E-state index in [0.29, 0.717) is 6.61 Å². The molecule has 0 aromatic carbocycles. The van der Waals surface area contributed by atoms with Crippen molar-refractivity contribution in [2.45, 2.75) is 32.4 Å². The molecule has 0 rings (SSSR count). The summed E-state index contributed by atoms with van der Waals surface area (Å²) in [6.07, 6.45) is 1.21. The summed E-state index contributed by atoms with van der Waals surface area (Å²) in [4.78, 5) is 10.7. The predicted octanol–water partition coefficient (Wildman–Crippen LogP) is 2.07. The van der Waals surface area contributed by atoms with Crippen molar-refractivity contribution in [2.24, 2.45) is 4.40 Å². The summed E-state index contributed by atoms with van der Waals surface area (Å²) >= 11 is 1.36. The van der Waals surface area contributed by atoms with E-state index < -0.39 is 0 Å². The van der Waals surface area contributed by atoms with Crippen LogP contribution in [0.2, 0.25) is 0 Å². The van der Waals surface area contributed by atoms with Gasteiger partial charge in [0.2, 0.25) is 0 Å². The van der Waals surface area contributed by atoms with Gasteiger partial charge in [-0.1, -0.05) is 0 Å². The summed E-state index contributed by atoms with van der Waals surface area (Å²) in [5, 5.41) is 0. The molecule has 0 N–H and O–H groups in total. The Bertz CT molecular complexity index is 172. The zero-order chi connectivity index (χ0) is 9.61. The lowest BCUT2D eigenvalue weighted by Crippen LogP contribution is -2.07. The van der Waals surface area contributed by atoms with Crippen LogP contribution in [-0.2, 0) is 9.53 Å². The quantitative estimate of drug-likeness (QED) is 0.387. The summed E-state index contributed by atoms with van der Waals surface area (Å²) < 4.78 is 8.58. The third-order valence-corrected chi connectivity index (χ3v) is 1.53. The largest absolute Gasteiger partial charge is 0.462 e. The normalized spacial score (nSPS) is 12.0. The lowest BCUT2D eigenvalue weighted by molar-refractivity contribution is -0.134. The molecule has 0 amide bonds. The van der Waals surface area contributed by atoms with Gasteiger partial charge in [-0.2, -0.15) is 0 Å². The molecular formula is C8H15NO2S. The first-order chi connectivity index (χ1) is 5.45. The standard InChI is InChI=1S/C8H15NO2S/c1-5-11-7(10)6-9-12-8(2,3)4/h6H,5H2,1-4H3. The summed E-state index contributed by atoms with van der Waals surface area (Å²) in [6, 6.07) is 0. The maximum absolute atomic E-state index is 10.7. The Morgan fingerprint density at radius 3 is 2.58 bits per heavy atom. The van der Waals surface area contributed by atoms with Crippen LogP contribution < -0.4 is 0 Å². The van der Waals surface area contributed by atoms with E-state index in [2.05, 4.69) is 9.13 Å². The third-order valence-electron chi connectivity index (χ3n) is 0.771. The van der Waals surface area contributed by atoms with Gasteiger partial charge in [-0.25, -0.2) is 9.19 Å². The van der Waals surface area contributed by atoms with Crippen LogP contribution in [0.4, 0.5) is 0 Å². The van der Waals surface area contributed by atoms with Gasteiger partial charge in [0.25, 0.3) is 0 Å². The zero-order valence-electron chi connectivity index (χ0n) is 7.96. The molecule has 0 radical (unpaired) electrons. The van der Waals surface area contributed by atoms with Crippen molar-refractivity contribution in [3.05, 3.63) is 0 Å². The Labute approximate surface area is 77.7 Å². The molecule has 3 nitrogen and oxygen atoms in total. The van der Waals surface area contributed by atoms with E-state index in [-0.39, 0.29) is 10.7 Å². The van der Waals surface area contributed by atoms with E-state index in [9.17, 15) is 4.79 Å². The molecule has 0 atom stereocenters. The molecule has 0 aliphatic heterocycles. The predicted molar refractivity (Wildman–Crippen MR) is 52.5 cm³/mol. The minimum absolute atomic E-state index is 0.0446. The van der Waals surface area contributed by atoms with Crippen LogP contribution >= 0.6 is 11.9 Å². The van der Waals surface area contributed by atoms with E-state index in [0.717, 1.165) is 0 Å². The van der Waals surface area contributed by atoms with Crippen molar-refractivity contribution in [3.8, 4) is 0 Å². The first kappa shape index (κ1) is 11.5. The van der Waals surface area contributed by atoms with Gasteiger partial charge >= 0.3 is 5.97 Å². The minimum Gasteiger partial charge on any atom is -0.462 e. The van der Waals surface area contributed by atoms with E-state index in [1.807, 2.05) is 20.8 Å². The molecule has 0 saturated carbocycles. The smallest absolute Gasteiger partial charge is 0.350 e. The van der Waals surface area contributed by atoms with E-state index in [4.69, 9.17) is 0 Å². The van der Waals surface area contributed by atoms with Crippen molar-refractivity contribution in [1.82, 2.24) is 0 Å². The van der Waals surface area contributed by atoms with Crippen molar-refractivity contribution in [3.63, 3.8) is 0 Å². The summed E-state index contributed by atoms with van der Waals surface area (Å²) in [6.45, 7) is 8.24. The zero-order valence-corrected chi connectivity index (χ0v) is 8.77. The molecule has 0 spiro atoms. The summed E-state index contributed by atoms with van der Waals surface area (Å²) in [5.74, 6) is -0.380. The minimum atomic E-state index is -0.380. The molecule has 4 heteroatoms. The van der Waals surface area contributed by atoms with Crippen LogP contribution in [-0.4, -0.2) is 23.5 Å². The van der Waals surface area contributed by atoms with Crippen molar-refractivity contribution in [2.75, 3.05) is 6.61 Å². The number of carbonyl (C=O) groups excluding carboxylic acids is 1. The summed E-state index contributed by atoms with van der Waals surface area (Å²) in [7, 11) is 0. The van der Waals surface area contributed by atoms with E-state index in [1.54, 1.807) is 6.92 Å². The molecule has 0 bridgehead atoms. The van der Waals surface area contributed by atoms with Gasteiger partial charge in [-0.05, 0) is 39.6 Å². The van der Waals surface area contributed by atoms with Gasteiger partial charge in [0.15, 0.2) is 0 Å². The second kappa shape index (κ2) is 5.19. The Hall–Kier alpha value is -0.510. The second-order valence-corrected chi connectivity index (χ2v) is 4.81. The Morgan fingerprint density at radius 1 is 1.58 bits per heavy atom.